The number of urea groups is 1. The molecule has 142 valence electrons. The maximum absolute atomic E-state index is 14.2. The topological polar surface area (TPSA) is 106 Å². The SMILES string of the molecule is Nc1cc(Oc2ccc(NC(=O)NC(=O)Cc3ccccc3)c(F)c2)ccn1. The molecular weight excluding hydrogens is 363 g/mol. The molecule has 0 saturated carbocycles. The molecule has 3 aromatic rings. The van der Waals surface area contributed by atoms with Crippen LogP contribution in [-0.4, -0.2) is 16.9 Å². The number of anilines is 2. The molecule has 1 heterocycles. The van der Waals surface area contributed by atoms with Crippen LogP contribution in [0.4, 0.5) is 20.7 Å². The quantitative estimate of drug-likeness (QED) is 0.628. The zero-order valence-corrected chi connectivity index (χ0v) is 14.7. The molecule has 3 amide bonds. The highest BCUT2D eigenvalue weighted by Gasteiger charge is 2.12. The van der Waals surface area contributed by atoms with Crippen LogP contribution in [0.25, 0.3) is 0 Å². The molecule has 28 heavy (non-hydrogen) atoms. The van der Waals surface area contributed by atoms with E-state index in [2.05, 4.69) is 15.6 Å². The smallest absolute Gasteiger partial charge is 0.325 e. The highest BCUT2D eigenvalue weighted by molar-refractivity contribution is 6.01. The number of nitrogens with one attached hydrogen (secondary N) is 2. The monoisotopic (exact) mass is 380 g/mol. The normalized spacial score (nSPS) is 10.2. The fourth-order valence-electron chi connectivity index (χ4n) is 2.39. The summed E-state index contributed by atoms with van der Waals surface area (Å²) in [5.74, 6) is -0.330. The van der Waals surface area contributed by atoms with Gasteiger partial charge in [-0.2, -0.15) is 0 Å². The van der Waals surface area contributed by atoms with Crippen molar-refractivity contribution in [2.75, 3.05) is 11.1 Å². The predicted molar refractivity (Wildman–Crippen MR) is 102 cm³/mol. The number of benzene rings is 2. The third-order valence-corrected chi connectivity index (χ3v) is 3.64. The second kappa shape index (κ2) is 8.63. The summed E-state index contributed by atoms with van der Waals surface area (Å²) in [4.78, 5) is 27.6. The van der Waals surface area contributed by atoms with Gasteiger partial charge in [0, 0.05) is 18.3 Å². The van der Waals surface area contributed by atoms with E-state index in [1.807, 2.05) is 6.07 Å². The summed E-state index contributed by atoms with van der Waals surface area (Å²) in [6.45, 7) is 0. The standard InChI is InChI=1S/C20H17FN4O3/c21-16-11-14(28-15-8-9-23-18(22)12-15)6-7-17(16)24-20(27)25-19(26)10-13-4-2-1-3-5-13/h1-9,11-12H,10H2,(H2,22,23)(H2,24,25,26,27). The first kappa shape index (κ1) is 18.8. The van der Waals surface area contributed by atoms with Gasteiger partial charge in [-0.05, 0) is 23.8 Å². The molecule has 8 heteroatoms. The van der Waals surface area contributed by atoms with Crippen molar-refractivity contribution in [3.05, 3.63) is 78.2 Å². The number of rotatable bonds is 5. The van der Waals surface area contributed by atoms with Gasteiger partial charge >= 0.3 is 6.03 Å². The van der Waals surface area contributed by atoms with Crippen molar-refractivity contribution < 1.29 is 18.7 Å². The lowest BCUT2D eigenvalue weighted by atomic mass is 10.1. The number of nitrogens with zero attached hydrogens (tertiary/aromatic N) is 1. The number of halogens is 1. The average molecular weight is 380 g/mol. The lowest BCUT2D eigenvalue weighted by molar-refractivity contribution is -0.119. The van der Waals surface area contributed by atoms with E-state index in [4.69, 9.17) is 10.5 Å². The number of hydrogen-bond acceptors (Lipinski definition) is 5. The molecule has 0 aliphatic rings. The van der Waals surface area contributed by atoms with Gasteiger partial charge in [0.25, 0.3) is 0 Å². The van der Waals surface area contributed by atoms with Crippen molar-refractivity contribution in [1.29, 1.82) is 0 Å². The molecule has 0 bridgehead atoms. The zero-order chi connectivity index (χ0) is 19.9. The van der Waals surface area contributed by atoms with Gasteiger partial charge in [0.1, 0.15) is 23.1 Å². The van der Waals surface area contributed by atoms with E-state index in [0.29, 0.717) is 5.75 Å². The Bertz CT molecular complexity index is 996. The Morgan fingerprint density at radius 3 is 2.50 bits per heavy atom. The molecule has 0 atom stereocenters. The van der Waals surface area contributed by atoms with Gasteiger partial charge in [-0.15, -0.1) is 0 Å². The summed E-state index contributed by atoms with van der Waals surface area (Å²) in [5.41, 5.74) is 6.23. The number of carbonyl (C=O) groups is 2. The summed E-state index contributed by atoms with van der Waals surface area (Å²) in [5, 5.41) is 4.45. The molecule has 0 aliphatic heterocycles. The maximum atomic E-state index is 14.2. The fraction of sp³-hybridized carbons (Fsp3) is 0.0500. The first-order valence-electron chi connectivity index (χ1n) is 8.33. The van der Waals surface area contributed by atoms with Gasteiger partial charge in [0.15, 0.2) is 0 Å². The molecule has 0 unspecified atom stereocenters. The van der Waals surface area contributed by atoms with Crippen LogP contribution in [0, 0.1) is 5.82 Å². The van der Waals surface area contributed by atoms with Crippen molar-refractivity contribution >= 4 is 23.4 Å². The molecule has 2 aromatic carbocycles. The fourth-order valence-corrected chi connectivity index (χ4v) is 2.39. The molecule has 0 fully saturated rings. The van der Waals surface area contributed by atoms with Crippen molar-refractivity contribution in [2.24, 2.45) is 0 Å². The Morgan fingerprint density at radius 2 is 1.79 bits per heavy atom. The summed E-state index contributed by atoms with van der Waals surface area (Å²) in [6.07, 6.45) is 1.51. The molecule has 0 radical (unpaired) electrons. The number of nitrogens with two attached hydrogens (primary N) is 1. The largest absolute Gasteiger partial charge is 0.457 e. The Balaban J connectivity index is 1.58. The van der Waals surface area contributed by atoms with E-state index in [0.717, 1.165) is 11.6 Å². The van der Waals surface area contributed by atoms with E-state index in [-0.39, 0.29) is 23.7 Å². The molecule has 0 aliphatic carbocycles. The van der Waals surface area contributed by atoms with Crippen LogP contribution in [0.15, 0.2) is 66.9 Å². The lowest BCUT2D eigenvalue weighted by Crippen LogP contribution is -2.35. The van der Waals surface area contributed by atoms with Crippen molar-refractivity contribution in [3.8, 4) is 11.5 Å². The molecule has 7 nitrogen and oxygen atoms in total. The van der Waals surface area contributed by atoms with Crippen LogP contribution in [-0.2, 0) is 11.2 Å². The number of pyridine rings is 1. The second-order valence-corrected chi connectivity index (χ2v) is 5.82. The number of imide groups is 1. The minimum atomic E-state index is -0.824. The van der Waals surface area contributed by atoms with Gasteiger partial charge in [-0.3, -0.25) is 10.1 Å². The van der Waals surface area contributed by atoms with Gasteiger partial charge in [0.05, 0.1) is 12.1 Å². The number of amides is 3. The molecule has 3 rings (SSSR count). The van der Waals surface area contributed by atoms with E-state index in [1.54, 1.807) is 30.3 Å². The average Bonchev–Trinajstić information content (AvgIpc) is 2.64. The van der Waals surface area contributed by atoms with E-state index in [9.17, 15) is 14.0 Å². The van der Waals surface area contributed by atoms with Crippen molar-refractivity contribution in [3.63, 3.8) is 0 Å². The first-order chi connectivity index (χ1) is 13.5. The van der Waals surface area contributed by atoms with Crippen LogP contribution in [0.2, 0.25) is 0 Å². The van der Waals surface area contributed by atoms with E-state index < -0.39 is 17.8 Å². The zero-order valence-electron chi connectivity index (χ0n) is 14.7. The number of nitrogen functional groups attached to an aromatic ring is 1. The molecule has 0 spiro atoms. The summed E-state index contributed by atoms with van der Waals surface area (Å²) in [7, 11) is 0. The van der Waals surface area contributed by atoms with Crippen LogP contribution in [0.1, 0.15) is 5.56 Å². The Hall–Kier alpha value is -3.94. The van der Waals surface area contributed by atoms with Crippen LogP contribution in [0.3, 0.4) is 0 Å². The third kappa shape index (κ3) is 5.28. The minimum Gasteiger partial charge on any atom is -0.457 e. The van der Waals surface area contributed by atoms with E-state index >= 15 is 0 Å². The highest BCUT2D eigenvalue weighted by Crippen LogP contribution is 2.26. The maximum Gasteiger partial charge on any atom is 0.325 e. The molecule has 4 N–H and O–H groups in total. The van der Waals surface area contributed by atoms with Crippen LogP contribution < -0.4 is 21.1 Å². The van der Waals surface area contributed by atoms with Crippen molar-refractivity contribution in [1.82, 2.24) is 10.3 Å². The van der Waals surface area contributed by atoms with Crippen molar-refractivity contribution in [2.45, 2.75) is 6.42 Å². The Morgan fingerprint density at radius 1 is 1.04 bits per heavy atom. The van der Waals surface area contributed by atoms with Crippen LogP contribution in [0.5, 0.6) is 11.5 Å². The summed E-state index contributed by atoms with van der Waals surface area (Å²) >= 11 is 0. The van der Waals surface area contributed by atoms with Crippen LogP contribution >= 0.6 is 0 Å². The summed E-state index contributed by atoms with van der Waals surface area (Å²) < 4.78 is 19.7. The Labute approximate surface area is 160 Å². The number of ether oxygens (including phenoxy) is 1. The van der Waals surface area contributed by atoms with Gasteiger partial charge < -0.3 is 15.8 Å². The predicted octanol–water partition coefficient (Wildman–Crippen LogP) is 3.49. The third-order valence-electron chi connectivity index (χ3n) is 3.64. The van der Waals surface area contributed by atoms with Gasteiger partial charge in [0.2, 0.25) is 5.91 Å². The molecule has 0 saturated heterocycles. The molecular formula is C20H17FN4O3. The number of aromatic nitrogens is 1. The van der Waals surface area contributed by atoms with E-state index in [1.165, 1.54) is 24.4 Å². The highest BCUT2D eigenvalue weighted by atomic mass is 19.1. The Kier molecular flexibility index (Phi) is 5.81. The van der Waals surface area contributed by atoms with Gasteiger partial charge in [-0.25, -0.2) is 14.2 Å². The van der Waals surface area contributed by atoms with Gasteiger partial charge in [-0.1, -0.05) is 30.3 Å². The molecule has 1 aromatic heterocycles. The number of hydrogen-bond donors (Lipinski definition) is 3. The second-order valence-electron chi connectivity index (χ2n) is 5.82. The first-order valence-corrected chi connectivity index (χ1v) is 8.33. The number of carbonyl (C=O) groups excluding carboxylic acids is 2. The minimum absolute atomic E-state index is 0.0403. The lowest BCUT2D eigenvalue weighted by Gasteiger charge is -2.10. The summed E-state index contributed by atoms with van der Waals surface area (Å²) in [6, 6.07) is 15.1.